The van der Waals surface area contributed by atoms with Crippen LogP contribution in [-0.4, -0.2) is 20.2 Å². The Hall–Kier alpha value is -1.23. The predicted octanol–water partition coefficient (Wildman–Crippen LogP) is 2.47. The van der Waals surface area contributed by atoms with Crippen molar-refractivity contribution in [3.8, 4) is 0 Å². The molecule has 0 radical (unpaired) electrons. The molecule has 0 fully saturated rings. The topological polar surface area (TPSA) is 42.7 Å². The van der Waals surface area contributed by atoms with Crippen LogP contribution in [0, 0.1) is 12.8 Å². The summed E-state index contributed by atoms with van der Waals surface area (Å²) in [6.07, 6.45) is 5.61. The molecule has 1 aromatic rings. The van der Waals surface area contributed by atoms with Crippen LogP contribution < -0.4 is 5.43 Å². The first-order chi connectivity index (χ1) is 8.15. The number of nitrogens with zero attached hydrogens (tertiary/aromatic N) is 3. The number of hydrogen-bond acceptors (Lipinski definition) is 4. The van der Waals surface area contributed by atoms with Crippen molar-refractivity contribution >= 4 is 11.8 Å². The van der Waals surface area contributed by atoms with Gasteiger partial charge in [-0.15, -0.1) is 10.2 Å². The van der Waals surface area contributed by atoms with Gasteiger partial charge in [0, 0.05) is 0 Å². The fourth-order valence-electron chi connectivity index (χ4n) is 2.16. The lowest BCUT2D eigenvalue weighted by Gasteiger charge is -2.23. The molecule has 0 saturated heterocycles. The number of aromatic nitrogens is 3. The van der Waals surface area contributed by atoms with E-state index < -0.39 is 0 Å². The van der Waals surface area contributed by atoms with Crippen LogP contribution in [-0.2, 0) is 0 Å². The van der Waals surface area contributed by atoms with Gasteiger partial charge in [-0.05, 0) is 31.8 Å². The van der Waals surface area contributed by atoms with Crippen molar-refractivity contribution in [2.75, 3.05) is 5.43 Å². The van der Waals surface area contributed by atoms with Crippen LogP contribution in [0.5, 0.6) is 0 Å². The third-order valence-electron chi connectivity index (χ3n) is 3.48. The molecule has 5 heteroatoms. The molecule has 2 unspecified atom stereocenters. The molecule has 17 heavy (non-hydrogen) atoms. The van der Waals surface area contributed by atoms with Crippen LogP contribution in [0.3, 0.4) is 0 Å². The maximum absolute atomic E-state index is 4.15. The minimum absolute atomic E-state index is 0.311. The van der Waals surface area contributed by atoms with E-state index >= 15 is 0 Å². The summed E-state index contributed by atoms with van der Waals surface area (Å²) in [6.45, 7) is 6.45. The number of aryl methyl sites for hydroxylation is 1. The first-order valence-electron chi connectivity index (χ1n) is 5.87. The highest BCUT2D eigenvalue weighted by Gasteiger charge is 2.29. The third-order valence-corrected chi connectivity index (χ3v) is 4.60. The summed E-state index contributed by atoms with van der Waals surface area (Å²) in [4.78, 5) is 0. The van der Waals surface area contributed by atoms with Crippen LogP contribution >= 0.6 is 11.8 Å². The van der Waals surface area contributed by atoms with E-state index in [-0.39, 0.29) is 0 Å². The van der Waals surface area contributed by atoms with Crippen molar-refractivity contribution in [2.24, 2.45) is 5.92 Å². The van der Waals surface area contributed by atoms with Gasteiger partial charge in [0.25, 0.3) is 0 Å². The number of hydrogen-bond donors (Lipinski definition) is 1. The Morgan fingerprint density at radius 3 is 2.88 bits per heavy atom. The van der Waals surface area contributed by atoms with Gasteiger partial charge in [-0.25, -0.2) is 4.68 Å². The predicted molar refractivity (Wildman–Crippen MR) is 69.4 cm³/mol. The fourth-order valence-corrected chi connectivity index (χ4v) is 3.23. The lowest BCUT2D eigenvalue weighted by molar-refractivity contribution is 0.642. The lowest BCUT2D eigenvalue weighted by Crippen LogP contribution is -2.23. The van der Waals surface area contributed by atoms with Crippen molar-refractivity contribution in [2.45, 2.75) is 37.7 Å². The summed E-state index contributed by atoms with van der Waals surface area (Å²) in [7, 11) is 0. The first kappa shape index (κ1) is 10.9. The van der Waals surface area contributed by atoms with E-state index in [4.69, 9.17) is 0 Å². The molecule has 0 amide bonds. The molecule has 4 nitrogen and oxygen atoms in total. The number of rotatable bonds is 1. The highest BCUT2D eigenvalue weighted by molar-refractivity contribution is 8.00. The van der Waals surface area contributed by atoms with E-state index in [1.165, 1.54) is 11.1 Å². The first-order valence-corrected chi connectivity index (χ1v) is 6.75. The summed E-state index contributed by atoms with van der Waals surface area (Å²) in [6, 6.07) is 0. The van der Waals surface area contributed by atoms with Crippen molar-refractivity contribution < 1.29 is 0 Å². The number of allylic oxidation sites excluding steroid dienone is 3. The van der Waals surface area contributed by atoms with E-state index in [1.54, 1.807) is 11.8 Å². The molecule has 1 aliphatic heterocycles. The normalized spacial score (nSPS) is 27.2. The smallest absolute Gasteiger partial charge is 0.212 e. The minimum Gasteiger partial charge on any atom is -0.305 e. The monoisotopic (exact) mass is 248 g/mol. The summed E-state index contributed by atoms with van der Waals surface area (Å²) in [5, 5.41) is 9.47. The Morgan fingerprint density at radius 2 is 2.18 bits per heavy atom. The van der Waals surface area contributed by atoms with E-state index in [1.807, 2.05) is 11.6 Å². The minimum atomic E-state index is 0.311. The maximum atomic E-state index is 4.15. The molecule has 3 rings (SSSR count). The molecule has 0 saturated carbocycles. The van der Waals surface area contributed by atoms with Crippen LogP contribution in [0.25, 0.3) is 0 Å². The maximum Gasteiger partial charge on any atom is 0.212 e. The summed E-state index contributed by atoms with van der Waals surface area (Å²) < 4.78 is 1.98. The Balaban J connectivity index is 1.81. The second-order valence-electron chi connectivity index (χ2n) is 4.75. The highest BCUT2D eigenvalue weighted by Crippen LogP contribution is 2.36. The molecule has 1 N–H and O–H groups in total. The lowest BCUT2D eigenvalue weighted by atomic mass is 9.89. The Labute approximate surface area is 105 Å². The van der Waals surface area contributed by atoms with Crippen molar-refractivity contribution in [3.63, 3.8) is 0 Å². The van der Waals surface area contributed by atoms with E-state index in [2.05, 4.69) is 41.6 Å². The number of nitrogens with one attached hydrogen (secondary N) is 1. The Morgan fingerprint density at radius 1 is 1.35 bits per heavy atom. The van der Waals surface area contributed by atoms with Gasteiger partial charge >= 0.3 is 0 Å². The molecule has 2 atom stereocenters. The van der Waals surface area contributed by atoms with Gasteiger partial charge in [-0.2, -0.15) is 0 Å². The summed E-state index contributed by atoms with van der Waals surface area (Å²) in [5.41, 5.74) is 6.35. The molecular weight excluding hydrogens is 232 g/mol. The fraction of sp³-hybridized carbons (Fsp3) is 0.500. The zero-order valence-electron chi connectivity index (χ0n) is 10.3. The molecule has 2 aliphatic rings. The number of fused-ring (bicyclic) bond motifs is 1. The van der Waals surface area contributed by atoms with Crippen LogP contribution in [0.1, 0.15) is 26.1 Å². The van der Waals surface area contributed by atoms with Crippen LogP contribution in [0.4, 0.5) is 0 Å². The summed E-state index contributed by atoms with van der Waals surface area (Å²) in [5.74, 6) is 1.57. The van der Waals surface area contributed by atoms with Gasteiger partial charge in [0.2, 0.25) is 5.16 Å². The SMILES string of the molecule is CC1=CC=C(C2Nn3c(C)nnc3S2)CC1C. The molecule has 2 heterocycles. The van der Waals surface area contributed by atoms with Gasteiger partial charge < -0.3 is 5.43 Å². The largest absolute Gasteiger partial charge is 0.305 e. The Kier molecular flexibility index (Phi) is 2.50. The second kappa shape index (κ2) is 3.91. The zero-order valence-corrected chi connectivity index (χ0v) is 11.1. The zero-order chi connectivity index (χ0) is 12.0. The quantitative estimate of drug-likeness (QED) is 0.829. The standard InChI is InChI=1S/C12H16N4S/c1-7-4-5-10(6-8(7)2)11-15-16-9(3)13-14-12(16)17-11/h4-5,8,11,15H,6H2,1-3H3. The van der Waals surface area contributed by atoms with Gasteiger partial charge in [0.1, 0.15) is 11.2 Å². The average Bonchev–Trinajstić information content (AvgIpc) is 2.86. The molecule has 0 aromatic carbocycles. The summed E-state index contributed by atoms with van der Waals surface area (Å²) >= 11 is 1.75. The van der Waals surface area contributed by atoms with E-state index in [0.717, 1.165) is 17.4 Å². The molecular formula is C12H16N4S. The van der Waals surface area contributed by atoms with Gasteiger partial charge in [-0.1, -0.05) is 36.4 Å². The Bertz CT molecular complexity index is 515. The van der Waals surface area contributed by atoms with E-state index in [0.29, 0.717) is 11.3 Å². The molecule has 0 spiro atoms. The van der Waals surface area contributed by atoms with Gasteiger partial charge in [0.15, 0.2) is 0 Å². The third kappa shape index (κ3) is 1.78. The van der Waals surface area contributed by atoms with Crippen LogP contribution in [0.15, 0.2) is 28.5 Å². The highest BCUT2D eigenvalue weighted by atomic mass is 32.2. The molecule has 1 aliphatic carbocycles. The van der Waals surface area contributed by atoms with Crippen molar-refractivity contribution in [3.05, 3.63) is 29.1 Å². The van der Waals surface area contributed by atoms with Gasteiger partial charge in [0.05, 0.1) is 0 Å². The molecule has 90 valence electrons. The van der Waals surface area contributed by atoms with Crippen molar-refractivity contribution in [1.29, 1.82) is 0 Å². The van der Waals surface area contributed by atoms with Crippen LogP contribution in [0.2, 0.25) is 0 Å². The average molecular weight is 248 g/mol. The van der Waals surface area contributed by atoms with E-state index in [9.17, 15) is 0 Å². The second-order valence-corrected chi connectivity index (χ2v) is 5.82. The number of thioether (sulfide) groups is 1. The molecule has 0 bridgehead atoms. The van der Waals surface area contributed by atoms with Crippen molar-refractivity contribution in [1.82, 2.24) is 14.9 Å². The van der Waals surface area contributed by atoms with Gasteiger partial charge in [-0.3, -0.25) is 0 Å². The molecule has 1 aromatic heterocycles.